The molecule has 0 fully saturated rings. The lowest BCUT2D eigenvalue weighted by Gasteiger charge is -1.85. The maximum absolute atomic E-state index is 4.73. The molecule has 1 radical (unpaired) electrons. The van der Waals surface area contributed by atoms with Crippen LogP contribution in [-0.2, 0) is 6.42 Å². The molecular formula is C10H8NS2. The van der Waals surface area contributed by atoms with Gasteiger partial charge in [-0.25, -0.2) is 4.98 Å². The van der Waals surface area contributed by atoms with Crippen molar-refractivity contribution in [2.45, 2.75) is 6.42 Å². The number of thiazole rings is 1. The van der Waals surface area contributed by atoms with E-state index in [1.807, 2.05) is 24.6 Å². The van der Waals surface area contributed by atoms with E-state index in [0.29, 0.717) is 0 Å². The Kier molecular flexibility index (Phi) is 2.66. The van der Waals surface area contributed by atoms with E-state index in [2.05, 4.69) is 11.1 Å². The Hall–Kier alpha value is -0.800. The number of para-hydroxylation sites is 1. The number of hydrogen-bond acceptors (Lipinski definition) is 3. The van der Waals surface area contributed by atoms with Crippen molar-refractivity contribution in [2.24, 2.45) is 0 Å². The summed E-state index contributed by atoms with van der Waals surface area (Å²) >= 11 is 6.46. The van der Waals surface area contributed by atoms with Crippen molar-refractivity contribution in [2.75, 3.05) is 0 Å². The van der Waals surface area contributed by atoms with Gasteiger partial charge in [-0.3, -0.25) is 0 Å². The highest BCUT2D eigenvalue weighted by molar-refractivity contribution is 7.79. The average Bonchev–Trinajstić information content (AvgIpc) is 2.57. The monoisotopic (exact) mass is 206 g/mol. The van der Waals surface area contributed by atoms with Crippen molar-refractivity contribution < 1.29 is 0 Å². The van der Waals surface area contributed by atoms with Crippen molar-refractivity contribution in [3.8, 4) is 0 Å². The molecule has 1 aromatic heterocycles. The van der Waals surface area contributed by atoms with E-state index in [1.165, 1.54) is 4.70 Å². The van der Waals surface area contributed by atoms with E-state index >= 15 is 0 Å². The Morgan fingerprint density at radius 3 is 3.00 bits per heavy atom. The zero-order valence-corrected chi connectivity index (χ0v) is 8.57. The van der Waals surface area contributed by atoms with Gasteiger partial charge in [0.2, 0.25) is 0 Å². The van der Waals surface area contributed by atoms with Gasteiger partial charge < -0.3 is 0 Å². The van der Waals surface area contributed by atoms with Crippen LogP contribution in [0.15, 0.2) is 24.3 Å². The van der Waals surface area contributed by atoms with Crippen LogP contribution < -0.4 is 0 Å². The van der Waals surface area contributed by atoms with E-state index in [4.69, 9.17) is 12.2 Å². The molecular weight excluding hydrogens is 198 g/mol. The third kappa shape index (κ3) is 1.92. The highest BCUT2D eigenvalue weighted by Gasteiger charge is 2.01. The van der Waals surface area contributed by atoms with Gasteiger partial charge in [0, 0.05) is 12.8 Å². The van der Waals surface area contributed by atoms with Gasteiger partial charge in [0.05, 0.1) is 15.2 Å². The topological polar surface area (TPSA) is 12.9 Å². The summed E-state index contributed by atoms with van der Waals surface area (Å²) in [5.74, 6) is 0. The summed E-state index contributed by atoms with van der Waals surface area (Å²) in [6, 6.07) is 8.17. The van der Waals surface area contributed by atoms with Crippen LogP contribution in [0.4, 0.5) is 0 Å². The molecule has 1 aromatic carbocycles. The van der Waals surface area contributed by atoms with E-state index in [1.54, 1.807) is 16.7 Å². The van der Waals surface area contributed by atoms with Crippen LogP contribution in [0.3, 0.4) is 0 Å². The molecule has 0 unspecified atom stereocenters. The number of benzene rings is 1. The predicted molar refractivity (Wildman–Crippen MR) is 61.3 cm³/mol. The lowest BCUT2D eigenvalue weighted by Crippen LogP contribution is -1.83. The van der Waals surface area contributed by atoms with Gasteiger partial charge >= 0.3 is 0 Å². The number of hydrogen-bond donors (Lipinski definition) is 0. The minimum absolute atomic E-state index is 0.850. The van der Waals surface area contributed by atoms with E-state index in [9.17, 15) is 0 Å². The Morgan fingerprint density at radius 2 is 2.23 bits per heavy atom. The number of rotatable bonds is 3. The zero-order chi connectivity index (χ0) is 9.10. The minimum Gasteiger partial charge on any atom is -0.241 e. The highest BCUT2D eigenvalue weighted by Crippen LogP contribution is 2.21. The van der Waals surface area contributed by atoms with Crippen LogP contribution in [0, 0.1) is 6.42 Å². The van der Waals surface area contributed by atoms with Crippen molar-refractivity contribution in [3.63, 3.8) is 0 Å². The van der Waals surface area contributed by atoms with Gasteiger partial charge in [-0.05, 0) is 17.5 Å². The average molecular weight is 206 g/mol. The molecule has 1 nitrogen and oxygen atoms in total. The molecule has 0 saturated carbocycles. The fraction of sp³-hybridized carbons (Fsp3) is 0.100. The molecule has 0 bridgehead atoms. The Morgan fingerprint density at radius 1 is 1.38 bits per heavy atom. The highest BCUT2D eigenvalue weighted by atomic mass is 32.1. The molecule has 3 heteroatoms. The standard InChI is InChI=1S/C10H8NS2/c12-7-3-6-10-11-8-4-1-2-5-9(8)13-10/h1-5,7H,6H2. The lowest BCUT2D eigenvalue weighted by atomic mass is 10.3. The van der Waals surface area contributed by atoms with E-state index in [-0.39, 0.29) is 0 Å². The first-order valence-corrected chi connectivity index (χ1v) is 5.30. The molecule has 65 valence electrons. The van der Waals surface area contributed by atoms with Crippen LogP contribution in [-0.4, -0.2) is 10.4 Å². The van der Waals surface area contributed by atoms with Gasteiger partial charge in [-0.2, -0.15) is 0 Å². The molecule has 0 aliphatic heterocycles. The third-order valence-electron chi connectivity index (χ3n) is 1.73. The molecule has 0 spiro atoms. The second-order valence-electron chi connectivity index (χ2n) is 2.65. The number of fused-ring (bicyclic) bond motifs is 1. The smallest absolute Gasteiger partial charge is 0.0945 e. The molecule has 0 aliphatic rings. The summed E-state index contributed by atoms with van der Waals surface area (Å²) in [6.07, 6.45) is 2.80. The van der Waals surface area contributed by atoms with Gasteiger partial charge in [-0.15, -0.1) is 11.3 Å². The Bertz CT molecular complexity index is 387. The fourth-order valence-electron chi connectivity index (χ4n) is 1.16. The molecule has 2 rings (SSSR count). The largest absolute Gasteiger partial charge is 0.241 e. The second kappa shape index (κ2) is 3.94. The maximum Gasteiger partial charge on any atom is 0.0945 e. The normalized spacial score (nSPS) is 10.5. The summed E-state index contributed by atoms with van der Waals surface area (Å²) in [5, 5.41) is 2.77. The minimum atomic E-state index is 0.850. The summed E-state index contributed by atoms with van der Waals surface area (Å²) in [5.41, 5.74) is 1.08. The number of thiocarbonyl (C=S) groups is 1. The Labute approximate surface area is 86.4 Å². The van der Waals surface area contributed by atoms with Crippen LogP contribution in [0.25, 0.3) is 10.2 Å². The number of aromatic nitrogens is 1. The van der Waals surface area contributed by atoms with Crippen molar-refractivity contribution in [1.29, 1.82) is 0 Å². The number of nitrogens with zero attached hydrogens (tertiary/aromatic N) is 1. The molecule has 13 heavy (non-hydrogen) atoms. The molecule has 1 heterocycles. The van der Waals surface area contributed by atoms with Crippen LogP contribution in [0.1, 0.15) is 5.01 Å². The second-order valence-corrected chi connectivity index (χ2v) is 4.04. The molecule has 2 aromatic rings. The molecule has 0 aliphatic carbocycles. The summed E-state index contributed by atoms with van der Waals surface area (Å²) < 4.78 is 1.25. The van der Waals surface area contributed by atoms with Gasteiger partial charge in [0.25, 0.3) is 0 Å². The summed E-state index contributed by atoms with van der Waals surface area (Å²) in [7, 11) is 0. The molecule has 0 amide bonds. The van der Waals surface area contributed by atoms with Crippen molar-refractivity contribution >= 4 is 39.1 Å². The summed E-state index contributed by atoms with van der Waals surface area (Å²) in [4.78, 5) is 4.47. The Balaban J connectivity index is 2.32. The van der Waals surface area contributed by atoms with E-state index in [0.717, 1.165) is 16.9 Å². The molecule has 0 saturated heterocycles. The first kappa shape index (κ1) is 8.78. The van der Waals surface area contributed by atoms with Crippen LogP contribution >= 0.6 is 23.6 Å². The first-order valence-electron chi connectivity index (χ1n) is 4.01. The zero-order valence-electron chi connectivity index (χ0n) is 6.93. The molecule has 0 atom stereocenters. The van der Waals surface area contributed by atoms with Crippen LogP contribution in [0.5, 0.6) is 0 Å². The van der Waals surface area contributed by atoms with E-state index < -0.39 is 0 Å². The van der Waals surface area contributed by atoms with Crippen molar-refractivity contribution in [3.05, 3.63) is 35.7 Å². The third-order valence-corrected chi connectivity index (χ3v) is 2.98. The summed E-state index contributed by atoms with van der Waals surface area (Å²) in [6.45, 7) is 0. The SMILES string of the molecule is S=C[CH]Cc1nc2ccccc2s1. The van der Waals surface area contributed by atoms with Gasteiger partial charge in [0.15, 0.2) is 0 Å². The molecule has 0 N–H and O–H groups in total. The van der Waals surface area contributed by atoms with Gasteiger partial charge in [-0.1, -0.05) is 24.4 Å². The quantitative estimate of drug-likeness (QED) is 0.716. The first-order chi connectivity index (χ1) is 6.40. The lowest BCUT2D eigenvalue weighted by molar-refractivity contribution is 1.18. The van der Waals surface area contributed by atoms with Crippen LogP contribution in [0.2, 0.25) is 0 Å². The fourth-order valence-corrected chi connectivity index (χ4v) is 2.19. The predicted octanol–water partition coefficient (Wildman–Crippen LogP) is 3.04. The van der Waals surface area contributed by atoms with Gasteiger partial charge in [0.1, 0.15) is 0 Å². The maximum atomic E-state index is 4.73. The van der Waals surface area contributed by atoms with Crippen molar-refractivity contribution in [1.82, 2.24) is 4.98 Å².